The van der Waals surface area contributed by atoms with E-state index in [2.05, 4.69) is 17.1 Å². The van der Waals surface area contributed by atoms with Gasteiger partial charge in [0.05, 0.1) is 4.91 Å². The van der Waals surface area contributed by atoms with Gasteiger partial charge in [0.1, 0.15) is 5.56 Å². The van der Waals surface area contributed by atoms with Gasteiger partial charge in [0.25, 0.3) is 5.91 Å². The van der Waals surface area contributed by atoms with E-state index in [1.54, 1.807) is 6.08 Å². The van der Waals surface area contributed by atoms with Crippen LogP contribution in [0.5, 0.6) is 0 Å². The van der Waals surface area contributed by atoms with Crippen molar-refractivity contribution in [1.29, 1.82) is 0 Å². The Bertz CT molecular complexity index is 808. The summed E-state index contributed by atoms with van der Waals surface area (Å²) in [6, 6.07) is 0. The predicted molar refractivity (Wildman–Crippen MR) is 112 cm³/mol. The second-order valence-corrected chi connectivity index (χ2v) is 6.26. The Hall–Kier alpha value is -2.94. The average Bonchev–Trinajstić information content (AvgIpc) is 3.16. The molecule has 0 fully saturated rings. The van der Waals surface area contributed by atoms with Gasteiger partial charge in [-0.1, -0.05) is 43.8 Å². The number of nitrogens with zero attached hydrogens (tertiary/aromatic N) is 1. The number of nitrogens with one attached hydrogen (secondary N) is 1. The molecule has 1 amide bonds. The van der Waals surface area contributed by atoms with Gasteiger partial charge < -0.3 is 14.9 Å². The number of aromatic nitrogens is 1. The highest BCUT2D eigenvalue weighted by atomic mass is 32.2. The van der Waals surface area contributed by atoms with Gasteiger partial charge in [-0.2, -0.15) is 0 Å². The van der Waals surface area contributed by atoms with E-state index >= 15 is 0 Å². The summed E-state index contributed by atoms with van der Waals surface area (Å²) in [5.41, 5.74) is -0.375. The third-order valence-corrected chi connectivity index (χ3v) is 4.30. The number of rotatable bonds is 7. The van der Waals surface area contributed by atoms with Gasteiger partial charge in [-0.05, 0) is 19.1 Å². The minimum absolute atomic E-state index is 0.0234. The van der Waals surface area contributed by atoms with Crippen LogP contribution in [0.15, 0.2) is 40.3 Å². The molecule has 1 aliphatic carbocycles. The minimum atomic E-state index is -0.927. The quantitative estimate of drug-likeness (QED) is 0.503. The first kappa shape index (κ1) is 26.1. The molecule has 2 N–H and O–H groups in total. The number of ketones is 2. The number of carboxylic acid groups (broad SMARTS) is 1. The number of hydrogen-bond acceptors (Lipinski definition) is 7. The average molecular weight is 423 g/mol. The first-order valence-corrected chi connectivity index (χ1v) is 9.96. The number of hydrogen-bond donors (Lipinski definition) is 2. The summed E-state index contributed by atoms with van der Waals surface area (Å²) in [5, 5.41) is 14.4. The van der Waals surface area contributed by atoms with Crippen molar-refractivity contribution in [3.8, 4) is 0 Å². The molecule has 0 radical (unpaired) electrons. The lowest BCUT2D eigenvalue weighted by Crippen LogP contribution is -2.23. The van der Waals surface area contributed by atoms with E-state index in [9.17, 15) is 19.2 Å². The molecule has 1 aliphatic rings. The molecule has 29 heavy (non-hydrogen) atoms. The topological polar surface area (TPSA) is 127 Å². The molecule has 158 valence electrons. The molecule has 9 heteroatoms. The van der Waals surface area contributed by atoms with Crippen LogP contribution in [0.25, 0.3) is 0 Å². The van der Waals surface area contributed by atoms with Crippen molar-refractivity contribution < 1.29 is 28.8 Å². The van der Waals surface area contributed by atoms with E-state index in [-0.39, 0.29) is 28.3 Å². The minimum Gasteiger partial charge on any atom is -0.481 e. The molecule has 1 heterocycles. The number of carbonyl (C=O) groups excluding carboxylic acids is 3. The number of carboxylic acids is 1. The molecule has 1 aromatic heterocycles. The van der Waals surface area contributed by atoms with Crippen LogP contribution in [0, 0.1) is 0 Å². The van der Waals surface area contributed by atoms with E-state index < -0.39 is 23.4 Å². The van der Waals surface area contributed by atoms with Gasteiger partial charge >= 0.3 is 5.97 Å². The molecular formula is C20H26N2O6S. The van der Waals surface area contributed by atoms with Crippen LogP contribution in [0.4, 0.5) is 0 Å². The van der Waals surface area contributed by atoms with Gasteiger partial charge in [-0.25, -0.2) is 0 Å². The van der Waals surface area contributed by atoms with Gasteiger partial charge in [-0.3, -0.25) is 19.2 Å². The normalized spacial score (nSPS) is 12.1. The van der Waals surface area contributed by atoms with Crippen molar-refractivity contribution in [3.05, 3.63) is 52.8 Å². The van der Waals surface area contributed by atoms with Crippen molar-refractivity contribution in [1.82, 2.24) is 10.5 Å². The van der Waals surface area contributed by atoms with Gasteiger partial charge in [0.15, 0.2) is 5.69 Å². The summed E-state index contributed by atoms with van der Waals surface area (Å²) < 4.78 is 4.79. The lowest BCUT2D eigenvalue weighted by molar-refractivity contribution is -0.137. The highest BCUT2D eigenvalue weighted by Crippen LogP contribution is 2.30. The molecule has 0 aliphatic heterocycles. The zero-order valence-corrected chi connectivity index (χ0v) is 17.8. The molecule has 0 atom stereocenters. The molecule has 0 bridgehead atoms. The monoisotopic (exact) mass is 422 g/mol. The molecule has 1 aromatic rings. The fourth-order valence-electron chi connectivity index (χ4n) is 1.96. The Labute approximate surface area is 174 Å². The van der Waals surface area contributed by atoms with E-state index in [1.807, 2.05) is 32.9 Å². The van der Waals surface area contributed by atoms with Crippen LogP contribution in [0.3, 0.4) is 0 Å². The smallest absolute Gasteiger partial charge is 0.303 e. The van der Waals surface area contributed by atoms with E-state index in [0.29, 0.717) is 12.2 Å². The number of allylic oxidation sites excluding steroid dienone is 5. The van der Waals surface area contributed by atoms with Crippen molar-refractivity contribution >= 4 is 35.2 Å². The maximum absolute atomic E-state index is 12.4. The summed E-state index contributed by atoms with van der Waals surface area (Å²) in [7, 11) is 1.37. The van der Waals surface area contributed by atoms with Crippen molar-refractivity contribution in [2.24, 2.45) is 0 Å². The summed E-state index contributed by atoms with van der Waals surface area (Å²) in [6.45, 7) is 9.42. The Balaban J connectivity index is 0.000000977. The highest BCUT2D eigenvalue weighted by Gasteiger charge is 2.35. The zero-order chi connectivity index (χ0) is 22.4. The second-order valence-electron chi connectivity index (χ2n) is 5.12. The molecular weight excluding hydrogens is 396 g/mol. The summed E-state index contributed by atoms with van der Waals surface area (Å²) in [5.74, 6) is -2.49. The Morgan fingerprint density at radius 3 is 2.48 bits per heavy atom. The lowest BCUT2D eigenvalue weighted by Gasteiger charge is -2.10. The molecule has 0 unspecified atom stereocenters. The number of fused-ring (bicyclic) bond motifs is 1. The first-order chi connectivity index (χ1) is 13.9. The molecule has 0 saturated heterocycles. The fourth-order valence-corrected chi connectivity index (χ4v) is 2.90. The number of aliphatic carboxylic acids is 1. The maximum atomic E-state index is 12.4. The van der Waals surface area contributed by atoms with Crippen LogP contribution in [0.2, 0.25) is 0 Å². The van der Waals surface area contributed by atoms with Crippen molar-refractivity contribution in [2.45, 2.75) is 33.6 Å². The van der Waals surface area contributed by atoms with E-state index in [1.165, 1.54) is 7.05 Å². The van der Waals surface area contributed by atoms with Crippen molar-refractivity contribution in [2.75, 3.05) is 12.8 Å². The van der Waals surface area contributed by atoms with Crippen LogP contribution >= 0.6 is 11.8 Å². The summed E-state index contributed by atoms with van der Waals surface area (Å²) in [4.78, 5) is 46.5. The summed E-state index contributed by atoms with van der Waals surface area (Å²) >= 11 is 1.07. The fraction of sp³-hybridized carbons (Fsp3) is 0.350. The molecule has 0 saturated carbocycles. The van der Waals surface area contributed by atoms with E-state index in [0.717, 1.165) is 17.8 Å². The zero-order valence-electron chi connectivity index (χ0n) is 17.0. The molecule has 0 aromatic carbocycles. The third-order valence-electron chi connectivity index (χ3n) is 3.19. The Morgan fingerprint density at radius 2 is 2.00 bits per heavy atom. The SMILES string of the molecule is C=C/C=C\C.CC.CNC(=O)c1noc2c1C(=O)C(SCCCC(=O)O)=CC2=O. The largest absolute Gasteiger partial charge is 0.481 e. The lowest BCUT2D eigenvalue weighted by atomic mass is 10.00. The predicted octanol–water partition coefficient (Wildman–Crippen LogP) is 3.67. The maximum Gasteiger partial charge on any atom is 0.303 e. The standard InChI is InChI=1S/C13H12N2O6S.C5H8.C2H6/c1-14-13(20)10-9-11(19)7(22-4-2-3-8(17)18)5-6(16)12(9)21-15-10;1-3-5-4-2;1-2/h5H,2-4H2,1H3,(H,14,20)(H,17,18);3-5H,1H2,2H3;1-2H3/b;5-4-;. The van der Waals surface area contributed by atoms with Crippen LogP contribution < -0.4 is 5.32 Å². The molecule has 2 rings (SSSR count). The Morgan fingerprint density at radius 1 is 1.34 bits per heavy atom. The van der Waals surface area contributed by atoms with Crippen LogP contribution in [-0.4, -0.2) is 46.5 Å². The van der Waals surface area contributed by atoms with Crippen molar-refractivity contribution in [3.63, 3.8) is 0 Å². The highest BCUT2D eigenvalue weighted by molar-refractivity contribution is 8.04. The Kier molecular flexibility index (Phi) is 12.7. The molecule has 8 nitrogen and oxygen atoms in total. The third kappa shape index (κ3) is 7.90. The van der Waals surface area contributed by atoms with Gasteiger partial charge in [0, 0.05) is 19.5 Å². The van der Waals surface area contributed by atoms with E-state index in [4.69, 9.17) is 9.63 Å². The van der Waals surface area contributed by atoms with Crippen LogP contribution in [0.1, 0.15) is 65.0 Å². The number of thioether (sulfide) groups is 1. The van der Waals surface area contributed by atoms with Crippen LogP contribution in [-0.2, 0) is 4.79 Å². The number of Topliss-reactive ketones (excluding diaryl/α,β-unsaturated/α-hetero) is 1. The second kappa shape index (κ2) is 14.1. The molecule has 0 spiro atoms. The summed E-state index contributed by atoms with van der Waals surface area (Å²) in [6.07, 6.45) is 7.03. The first-order valence-electron chi connectivity index (χ1n) is 8.98. The van der Waals surface area contributed by atoms with Gasteiger partial charge in [-0.15, -0.1) is 11.8 Å². The number of carbonyl (C=O) groups is 4. The van der Waals surface area contributed by atoms with Gasteiger partial charge in [0.2, 0.25) is 17.3 Å². The number of amides is 1.